The van der Waals surface area contributed by atoms with Crippen molar-refractivity contribution in [1.82, 2.24) is 4.98 Å². The minimum atomic E-state index is -0.829. The lowest BCUT2D eigenvalue weighted by atomic mass is 10.2. The Labute approximate surface area is 113 Å². The molecule has 17 heavy (non-hydrogen) atoms. The lowest BCUT2D eigenvalue weighted by Crippen LogP contribution is -2.32. The van der Waals surface area contributed by atoms with Crippen LogP contribution in [0.25, 0.3) is 0 Å². The van der Waals surface area contributed by atoms with E-state index in [2.05, 4.69) is 27.6 Å². The molecule has 86 valence electrons. The van der Waals surface area contributed by atoms with Crippen molar-refractivity contribution < 1.29 is 9.47 Å². The molecule has 1 aliphatic rings. The van der Waals surface area contributed by atoms with Crippen LogP contribution in [-0.4, -0.2) is 4.98 Å². The Morgan fingerprint density at radius 2 is 2.00 bits per heavy atom. The quantitative estimate of drug-likeness (QED) is 0.747. The highest BCUT2D eigenvalue weighted by molar-refractivity contribution is 14.1. The summed E-state index contributed by atoms with van der Waals surface area (Å²) >= 11 is 2.24. The van der Waals surface area contributed by atoms with Gasteiger partial charge >= 0.3 is 0 Å². The molecule has 0 spiro atoms. The maximum Gasteiger partial charge on any atom is 0.292 e. The Hall–Kier alpha value is -1.30. The summed E-state index contributed by atoms with van der Waals surface area (Å²) in [5, 5.41) is 0. The van der Waals surface area contributed by atoms with Gasteiger partial charge in [-0.15, -0.1) is 0 Å². The minimum absolute atomic E-state index is 0.769. The average molecular weight is 339 g/mol. The molecule has 1 unspecified atom stereocenters. The molecule has 2 heterocycles. The molecular formula is C13H10INO2. The van der Waals surface area contributed by atoms with Crippen LogP contribution in [0, 0.1) is 3.57 Å². The first-order chi connectivity index (χ1) is 8.19. The van der Waals surface area contributed by atoms with E-state index >= 15 is 0 Å². The van der Waals surface area contributed by atoms with Gasteiger partial charge in [0.15, 0.2) is 11.5 Å². The fourth-order valence-corrected chi connectivity index (χ4v) is 2.41. The van der Waals surface area contributed by atoms with E-state index < -0.39 is 5.79 Å². The second-order valence-corrected chi connectivity index (χ2v) is 5.09. The van der Waals surface area contributed by atoms with Crippen molar-refractivity contribution in [3.63, 3.8) is 0 Å². The number of nitrogens with zero attached hydrogens (tertiary/aromatic N) is 1. The predicted molar refractivity (Wildman–Crippen MR) is 72.0 cm³/mol. The van der Waals surface area contributed by atoms with E-state index in [9.17, 15) is 0 Å². The van der Waals surface area contributed by atoms with Gasteiger partial charge in [-0.1, -0.05) is 12.1 Å². The molecule has 0 saturated heterocycles. The van der Waals surface area contributed by atoms with Crippen LogP contribution in [0.3, 0.4) is 0 Å². The Morgan fingerprint density at radius 1 is 1.12 bits per heavy atom. The smallest absolute Gasteiger partial charge is 0.292 e. The van der Waals surface area contributed by atoms with E-state index in [1.807, 2.05) is 43.3 Å². The molecule has 0 bridgehead atoms. The summed E-state index contributed by atoms with van der Waals surface area (Å²) < 4.78 is 12.8. The zero-order chi connectivity index (χ0) is 11.9. The molecule has 3 rings (SSSR count). The van der Waals surface area contributed by atoms with Crippen molar-refractivity contribution in [1.29, 1.82) is 0 Å². The molecule has 0 amide bonds. The molecule has 2 aromatic rings. The third-order valence-corrected chi connectivity index (χ3v) is 3.51. The topological polar surface area (TPSA) is 31.4 Å². The molecule has 0 radical (unpaired) electrons. The van der Waals surface area contributed by atoms with Crippen molar-refractivity contribution in [3.05, 3.63) is 51.9 Å². The van der Waals surface area contributed by atoms with Crippen molar-refractivity contribution in [3.8, 4) is 11.5 Å². The van der Waals surface area contributed by atoms with Crippen molar-refractivity contribution in [2.75, 3.05) is 0 Å². The zero-order valence-corrected chi connectivity index (χ0v) is 11.3. The number of hydrogen-bond donors (Lipinski definition) is 0. The van der Waals surface area contributed by atoms with Crippen LogP contribution < -0.4 is 9.47 Å². The summed E-state index contributed by atoms with van der Waals surface area (Å²) in [6.07, 6.45) is 1.74. The maximum absolute atomic E-state index is 5.92. The molecule has 1 aromatic carbocycles. The van der Waals surface area contributed by atoms with Gasteiger partial charge in [-0.25, -0.2) is 0 Å². The number of pyridine rings is 1. The van der Waals surface area contributed by atoms with Gasteiger partial charge in [-0.05, 0) is 46.9 Å². The maximum atomic E-state index is 5.92. The second-order valence-electron chi connectivity index (χ2n) is 3.93. The summed E-state index contributed by atoms with van der Waals surface area (Å²) in [5.74, 6) is 0.733. The number of halogens is 1. The summed E-state index contributed by atoms with van der Waals surface area (Å²) in [6.45, 7) is 1.88. The lowest BCUT2D eigenvalue weighted by molar-refractivity contribution is -0.0720. The molecule has 1 atom stereocenters. The number of hydrogen-bond acceptors (Lipinski definition) is 3. The van der Waals surface area contributed by atoms with Crippen LogP contribution in [0.1, 0.15) is 12.6 Å². The highest BCUT2D eigenvalue weighted by Gasteiger charge is 2.40. The highest BCUT2D eigenvalue weighted by Crippen LogP contribution is 2.45. The van der Waals surface area contributed by atoms with Crippen LogP contribution in [0.2, 0.25) is 0 Å². The normalized spacial score (nSPS) is 21.5. The lowest BCUT2D eigenvalue weighted by Gasteiger charge is -2.22. The Kier molecular flexibility index (Phi) is 2.47. The largest absolute Gasteiger partial charge is 0.443 e. The van der Waals surface area contributed by atoms with Gasteiger partial charge in [0.05, 0.1) is 3.57 Å². The fraction of sp³-hybridized carbons (Fsp3) is 0.154. The monoisotopic (exact) mass is 339 g/mol. The molecule has 0 fully saturated rings. The molecule has 1 aromatic heterocycles. The van der Waals surface area contributed by atoms with Gasteiger partial charge in [0.1, 0.15) is 5.69 Å². The fourth-order valence-electron chi connectivity index (χ4n) is 1.83. The molecule has 3 nitrogen and oxygen atoms in total. The van der Waals surface area contributed by atoms with E-state index in [0.29, 0.717) is 0 Å². The predicted octanol–water partition coefficient (Wildman–Crippen LogP) is 3.33. The van der Waals surface area contributed by atoms with Gasteiger partial charge in [-0.2, -0.15) is 0 Å². The third kappa shape index (κ3) is 1.76. The van der Waals surface area contributed by atoms with Crippen molar-refractivity contribution in [2.24, 2.45) is 0 Å². The number of aromatic nitrogens is 1. The Balaban J connectivity index is 2.03. The second kappa shape index (κ2) is 3.87. The van der Waals surface area contributed by atoms with Crippen molar-refractivity contribution >= 4 is 22.6 Å². The van der Waals surface area contributed by atoms with Crippen molar-refractivity contribution in [2.45, 2.75) is 12.7 Å². The molecule has 0 saturated carbocycles. The van der Waals surface area contributed by atoms with Gasteiger partial charge in [0, 0.05) is 13.1 Å². The zero-order valence-electron chi connectivity index (χ0n) is 9.18. The molecule has 1 aliphatic heterocycles. The van der Waals surface area contributed by atoms with Crippen LogP contribution in [0.15, 0.2) is 42.6 Å². The first kappa shape index (κ1) is 10.8. The number of para-hydroxylation sites is 1. The van der Waals surface area contributed by atoms with Crippen LogP contribution >= 0.6 is 22.6 Å². The van der Waals surface area contributed by atoms with Gasteiger partial charge < -0.3 is 9.47 Å². The number of benzene rings is 1. The van der Waals surface area contributed by atoms with E-state index in [1.54, 1.807) is 6.20 Å². The van der Waals surface area contributed by atoms with E-state index in [0.717, 1.165) is 20.8 Å². The van der Waals surface area contributed by atoms with E-state index in [-0.39, 0.29) is 0 Å². The molecule has 0 N–H and O–H groups in total. The number of ether oxygens (including phenoxy) is 2. The standard InChI is InChI=1S/C13H10INO2/c1-13(11-7-2-3-8-15-11)16-10-6-4-5-9(14)12(10)17-13/h2-8H,1H3. The van der Waals surface area contributed by atoms with Crippen LogP contribution in [0.5, 0.6) is 11.5 Å². The Bertz CT molecular complexity index is 559. The van der Waals surface area contributed by atoms with Gasteiger partial charge in [-0.3, -0.25) is 4.98 Å². The first-order valence-electron chi connectivity index (χ1n) is 5.27. The summed E-state index contributed by atoms with van der Waals surface area (Å²) in [7, 11) is 0. The number of rotatable bonds is 1. The van der Waals surface area contributed by atoms with Gasteiger partial charge in [0.2, 0.25) is 0 Å². The number of fused-ring (bicyclic) bond motifs is 1. The summed E-state index contributed by atoms with van der Waals surface area (Å²) in [4.78, 5) is 4.29. The average Bonchev–Trinajstić information content (AvgIpc) is 2.70. The SMILES string of the molecule is CC1(c2ccccn2)Oc2cccc(I)c2O1. The van der Waals surface area contributed by atoms with Crippen LogP contribution in [0.4, 0.5) is 0 Å². The van der Waals surface area contributed by atoms with Crippen LogP contribution in [-0.2, 0) is 5.79 Å². The third-order valence-electron chi connectivity index (χ3n) is 2.66. The minimum Gasteiger partial charge on any atom is -0.443 e. The molecular weight excluding hydrogens is 329 g/mol. The summed E-state index contributed by atoms with van der Waals surface area (Å²) in [6, 6.07) is 11.6. The van der Waals surface area contributed by atoms with E-state index in [1.165, 1.54) is 0 Å². The molecule has 4 heteroatoms. The summed E-state index contributed by atoms with van der Waals surface area (Å²) in [5.41, 5.74) is 0.770. The van der Waals surface area contributed by atoms with E-state index in [4.69, 9.17) is 9.47 Å². The highest BCUT2D eigenvalue weighted by atomic mass is 127. The van der Waals surface area contributed by atoms with Gasteiger partial charge in [0.25, 0.3) is 5.79 Å². The Morgan fingerprint density at radius 3 is 2.71 bits per heavy atom. The first-order valence-corrected chi connectivity index (χ1v) is 6.35. The molecule has 0 aliphatic carbocycles.